The van der Waals surface area contributed by atoms with Crippen LogP contribution in [0.1, 0.15) is 23.2 Å². The zero-order chi connectivity index (χ0) is 15.5. The van der Waals surface area contributed by atoms with Gasteiger partial charge in [-0.25, -0.2) is 0 Å². The van der Waals surface area contributed by atoms with Gasteiger partial charge in [0, 0.05) is 43.2 Å². The smallest absolute Gasteiger partial charge is 0.178 e. The molecule has 1 heterocycles. The van der Waals surface area contributed by atoms with Gasteiger partial charge < -0.3 is 9.84 Å². The Balaban J connectivity index is 1.97. The number of hydrogen-bond acceptors (Lipinski definition) is 4. The van der Waals surface area contributed by atoms with Gasteiger partial charge in [-0.15, -0.1) is 0 Å². The Morgan fingerprint density at radius 3 is 2.71 bits per heavy atom. The maximum absolute atomic E-state index is 12.3. The SMILES string of the molecule is CN(CC(=O)c1cc(Cl)ccc1Cl)CC1(O)CCOCC1. The van der Waals surface area contributed by atoms with Crippen molar-refractivity contribution < 1.29 is 14.6 Å². The number of ketones is 1. The van der Waals surface area contributed by atoms with E-state index >= 15 is 0 Å². The molecule has 0 amide bonds. The van der Waals surface area contributed by atoms with Crippen LogP contribution in [-0.4, -0.2) is 54.7 Å². The average Bonchev–Trinajstić information content (AvgIpc) is 2.41. The number of Topliss-reactive ketones (excluding diaryl/α,β-unsaturated/α-hetero) is 1. The van der Waals surface area contributed by atoms with Crippen molar-refractivity contribution >= 4 is 29.0 Å². The van der Waals surface area contributed by atoms with Crippen LogP contribution in [0.4, 0.5) is 0 Å². The highest BCUT2D eigenvalue weighted by Gasteiger charge is 2.31. The minimum atomic E-state index is -0.786. The van der Waals surface area contributed by atoms with Gasteiger partial charge in [-0.05, 0) is 25.2 Å². The Morgan fingerprint density at radius 1 is 1.38 bits per heavy atom. The summed E-state index contributed by atoms with van der Waals surface area (Å²) in [5.74, 6) is -0.111. The van der Waals surface area contributed by atoms with Crippen molar-refractivity contribution in [2.24, 2.45) is 0 Å². The lowest BCUT2D eigenvalue weighted by Crippen LogP contribution is -2.46. The van der Waals surface area contributed by atoms with E-state index in [1.807, 2.05) is 11.9 Å². The number of nitrogens with zero attached hydrogens (tertiary/aromatic N) is 1. The summed E-state index contributed by atoms with van der Waals surface area (Å²) in [4.78, 5) is 14.1. The first-order valence-electron chi connectivity index (χ1n) is 6.86. The normalized spacial score (nSPS) is 18.0. The highest BCUT2D eigenvalue weighted by atomic mass is 35.5. The van der Waals surface area contributed by atoms with Gasteiger partial charge in [-0.1, -0.05) is 23.2 Å². The number of benzene rings is 1. The molecule has 1 saturated heterocycles. The third-order valence-electron chi connectivity index (χ3n) is 3.63. The number of aliphatic hydroxyl groups is 1. The highest BCUT2D eigenvalue weighted by molar-refractivity contribution is 6.36. The second kappa shape index (κ2) is 7.07. The summed E-state index contributed by atoms with van der Waals surface area (Å²) in [6.45, 7) is 1.72. The molecule has 2 rings (SSSR count). The van der Waals surface area contributed by atoms with Crippen LogP contribution in [0, 0.1) is 0 Å². The largest absolute Gasteiger partial charge is 0.388 e. The van der Waals surface area contributed by atoms with E-state index in [0.29, 0.717) is 48.2 Å². The number of hydrogen-bond donors (Lipinski definition) is 1. The predicted octanol–water partition coefficient (Wildman–Crippen LogP) is 2.65. The van der Waals surface area contributed by atoms with Crippen LogP contribution in [0.5, 0.6) is 0 Å². The molecule has 0 unspecified atom stereocenters. The van der Waals surface area contributed by atoms with Crippen LogP contribution in [-0.2, 0) is 4.74 Å². The maximum Gasteiger partial charge on any atom is 0.178 e. The molecule has 116 valence electrons. The second-order valence-corrected chi connectivity index (χ2v) is 6.40. The number of likely N-dealkylation sites (N-methyl/N-ethyl adjacent to an activating group) is 1. The van der Waals surface area contributed by atoms with Crippen LogP contribution in [0.25, 0.3) is 0 Å². The third-order valence-corrected chi connectivity index (χ3v) is 4.19. The molecular formula is C15H19Cl2NO3. The van der Waals surface area contributed by atoms with Crippen LogP contribution >= 0.6 is 23.2 Å². The molecule has 0 bridgehead atoms. The molecule has 6 heteroatoms. The number of ether oxygens (including phenoxy) is 1. The minimum Gasteiger partial charge on any atom is -0.388 e. The molecule has 1 aromatic rings. The minimum absolute atomic E-state index is 0.111. The molecule has 1 N–H and O–H groups in total. The van der Waals surface area contributed by atoms with E-state index in [1.165, 1.54) is 0 Å². The van der Waals surface area contributed by atoms with E-state index in [9.17, 15) is 9.90 Å². The fraction of sp³-hybridized carbons (Fsp3) is 0.533. The van der Waals surface area contributed by atoms with Crippen molar-refractivity contribution in [3.63, 3.8) is 0 Å². The number of rotatable bonds is 5. The number of carbonyl (C=O) groups is 1. The Labute approximate surface area is 134 Å². The summed E-state index contributed by atoms with van der Waals surface area (Å²) in [7, 11) is 1.81. The zero-order valence-electron chi connectivity index (χ0n) is 11.9. The van der Waals surface area contributed by atoms with Gasteiger partial charge in [0.15, 0.2) is 5.78 Å². The Bertz CT molecular complexity index is 516. The first-order chi connectivity index (χ1) is 9.89. The van der Waals surface area contributed by atoms with Gasteiger partial charge >= 0.3 is 0 Å². The lowest BCUT2D eigenvalue weighted by Gasteiger charge is -2.35. The van der Waals surface area contributed by atoms with Crippen molar-refractivity contribution in [2.45, 2.75) is 18.4 Å². The molecule has 0 spiro atoms. The molecule has 1 aromatic carbocycles. The first-order valence-corrected chi connectivity index (χ1v) is 7.62. The summed E-state index contributed by atoms with van der Waals surface area (Å²) in [5, 5.41) is 11.3. The van der Waals surface area contributed by atoms with Crippen molar-refractivity contribution in [1.82, 2.24) is 4.90 Å². The Morgan fingerprint density at radius 2 is 2.05 bits per heavy atom. The summed E-state index contributed by atoms with van der Waals surface area (Å²) in [5.41, 5.74) is -0.374. The van der Waals surface area contributed by atoms with Crippen LogP contribution < -0.4 is 0 Å². The van der Waals surface area contributed by atoms with E-state index in [2.05, 4.69) is 0 Å². The zero-order valence-corrected chi connectivity index (χ0v) is 13.5. The van der Waals surface area contributed by atoms with E-state index in [4.69, 9.17) is 27.9 Å². The molecule has 0 aliphatic carbocycles. The standard InChI is InChI=1S/C15H19Cl2NO3/c1-18(10-15(20)4-6-21-7-5-15)9-14(19)12-8-11(16)2-3-13(12)17/h2-3,8,20H,4-7,9-10H2,1H3. The number of halogens is 2. The molecule has 1 aliphatic heterocycles. The summed E-state index contributed by atoms with van der Waals surface area (Å²) >= 11 is 11.9. The average molecular weight is 332 g/mol. The Kier molecular flexibility index (Phi) is 5.63. The van der Waals surface area contributed by atoms with E-state index < -0.39 is 5.60 Å². The van der Waals surface area contributed by atoms with Gasteiger partial charge in [0.2, 0.25) is 0 Å². The molecule has 4 nitrogen and oxygen atoms in total. The molecule has 1 aliphatic rings. The van der Waals surface area contributed by atoms with E-state index in [1.54, 1.807) is 18.2 Å². The Hall–Kier alpha value is -0.650. The fourth-order valence-electron chi connectivity index (χ4n) is 2.51. The molecule has 0 saturated carbocycles. The maximum atomic E-state index is 12.3. The van der Waals surface area contributed by atoms with Gasteiger partial charge in [0.1, 0.15) is 0 Å². The van der Waals surface area contributed by atoms with Crippen molar-refractivity contribution in [3.8, 4) is 0 Å². The summed E-state index contributed by atoms with van der Waals surface area (Å²) < 4.78 is 5.25. The van der Waals surface area contributed by atoms with Gasteiger partial charge in [-0.3, -0.25) is 9.69 Å². The molecular weight excluding hydrogens is 313 g/mol. The highest BCUT2D eigenvalue weighted by Crippen LogP contribution is 2.23. The van der Waals surface area contributed by atoms with Gasteiger partial charge in [0.05, 0.1) is 17.2 Å². The van der Waals surface area contributed by atoms with Crippen molar-refractivity contribution in [2.75, 3.05) is 33.4 Å². The van der Waals surface area contributed by atoms with E-state index in [-0.39, 0.29) is 12.3 Å². The summed E-state index contributed by atoms with van der Waals surface area (Å²) in [6.07, 6.45) is 1.17. The second-order valence-electron chi connectivity index (χ2n) is 5.56. The number of carbonyl (C=O) groups excluding carboxylic acids is 1. The van der Waals surface area contributed by atoms with Crippen LogP contribution in [0.2, 0.25) is 10.0 Å². The third kappa shape index (κ3) is 4.66. The summed E-state index contributed by atoms with van der Waals surface area (Å²) in [6, 6.07) is 4.83. The first kappa shape index (κ1) is 16.7. The van der Waals surface area contributed by atoms with Crippen LogP contribution in [0.3, 0.4) is 0 Å². The predicted molar refractivity (Wildman–Crippen MR) is 83.3 cm³/mol. The fourth-order valence-corrected chi connectivity index (χ4v) is 2.90. The van der Waals surface area contributed by atoms with Crippen LogP contribution in [0.15, 0.2) is 18.2 Å². The van der Waals surface area contributed by atoms with Gasteiger partial charge in [-0.2, -0.15) is 0 Å². The van der Waals surface area contributed by atoms with Crippen molar-refractivity contribution in [1.29, 1.82) is 0 Å². The molecule has 0 atom stereocenters. The van der Waals surface area contributed by atoms with Crippen molar-refractivity contribution in [3.05, 3.63) is 33.8 Å². The molecule has 0 aromatic heterocycles. The molecule has 21 heavy (non-hydrogen) atoms. The lowest BCUT2D eigenvalue weighted by molar-refractivity contribution is -0.0758. The molecule has 1 fully saturated rings. The van der Waals surface area contributed by atoms with E-state index in [0.717, 1.165) is 0 Å². The topological polar surface area (TPSA) is 49.8 Å². The lowest BCUT2D eigenvalue weighted by atomic mass is 9.94. The quantitative estimate of drug-likeness (QED) is 0.843. The monoisotopic (exact) mass is 331 g/mol. The molecule has 0 radical (unpaired) electrons. The van der Waals surface area contributed by atoms with Gasteiger partial charge in [0.25, 0.3) is 0 Å².